The lowest BCUT2D eigenvalue weighted by atomic mass is 10.5. The van der Waals surface area contributed by atoms with Gasteiger partial charge in [-0.3, -0.25) is 10.2 Å². The summed E-state index contributed by atoms with van der Waals surface area (Å²) in [6.07, 6.45) is 1.46. The lowest BCUT2D eigenvalue weighted by Gasteiger charge is -1.89. The molecule has 1 rings (SSSR count). The highest BCUT2D eigenvalue weighted by molar-refractivity contribution is 9.11. The zero-order chi connectivity index (χ0) is 7.56. The quantitative estimate of drug-likeness (QED) is 0.413. The summed E-state index contributed by atoms with van der Waals surface area (Å²) >= 11 is 4.35. The standard InChI is InChI=1S/C4H4BrN3OS/c5-4-7-1-2(10-4)3(9)8-6/h1H,6H2,(H,8,9). The summed E-state index contributed by atoms with van der Waals surface area (Å²) in [4.78, 5) is 15.0. The molecular weight excluding hydrogens is 218 g/mol. The second kappa shape index (κ2) is 3.09. The van der Waals surface area contributed by atoms with Crippen LogP contribution in [0, 0.1) is 0 Å². The number of hydrogen-bond acceptors (Lipinski definition) is 4. The van der Waals surface area contributed by atoms with E-state index in [1.165, 1.54) is 17.5 Å². The summed E-state index contributed by atoms with van der Waals surface area (Å²) in [7, 11) is 0. The Kier molecular flexibility index (Phi) is 2.36. The number of carbonyl (C=O) groups excluding carboxylic acids is 1. The van der Waals surface area contributed by atoms with E-state index in [1.54, 1.807) is 0 Å². The van der Waals surface area contributed by atoms with Crippen molar-refractivity contribution in [2.24, 2.45) is 5.84 Å². The summed E-state index contributed by atoms with van der Waals surface area (Å²) in [6.45, 7) is 0. The first-order chi connectivity index (χ1) is 4.74. The molecule has 0 spiro atoms. The van der Waals surface area contributed by atoms with Crippen LogP contribution < -0.4 is 11.3 Å². The van der Waals surface area contributed by atoms with Gasteiger partial charge in [-0.05, 0) is 15.9 Å². The molecule has 0 unspecified atom stereocenters. The van der Waals surface area contributed by atoms with Gasteiger partial charge in [0.2, 0.25) is 0 Å². The van der Waals surface area contributed by atoms with Crippen LogP contribution in [0.2, 0.25) is 0 Å². The zero-order valence-corrected chi connectivity index (χ0v) is 7.20. The maximum atomic E-state index is 10.7. The molecule has 10 heavy (non-hydrogen) atoms. The number of thiazole rings is 1. The number of hydrogen-bond donors (Lipinski definition) is 2. The first-order valence-corrected chi connectivity index (χ1v) is 3.97. The molecule has 1 aromatic heterocycles. The van der Waals surface area contributed by atoms with Crippen LogP contribution in [0.3, 0.4) is 0 Å². The van der Waals surface area contributed by atoms with E-state index in [1.807, 2.05) is 5.43 Å². The highest BCUT2D eigenvalue weighted by Gasteiger charge is 2.06. The topological polar surface area (TPSA) is 68.0 Å². The van der Waals surface area contributed by atoms with Gasteiger partial charge in [-0.15, -0.1) is 11.3 Å². The second-order valence-corrected chi connectivity index (χ2v) is 3.76. The van der Waals surface area contributed by atoms with Gasteiger partial charge in [0.1, 0.15) is 4.88 Å². The summed E-state index contributed by atoms with van der Waals surface area (Å²) in [5.74, 6) is 4.56. The van der Waals surface area contributed by atoms with Crippen molar-refractivity contribution in [3.63, 3.8) is 0 Å². The third-order valence-corrected chi connectivity index (χ3v) is 2.31. The van der Waals surface area contributed by atoms with Gasteiger partial charge in [-0.2, -0.15) is 0 Å². The van der Waals surface area contributed by atoms with E-state index >= 15 is 0 Å². The van der Waals surface area contributed by atoms with Crippen molar-refractivity contribution in [1.82, 2.24) is 10.4 Å². The number of carbonyl (C=O) groups is 1. The van der Waals surface area contributed by atoms with Gasteiger partial charge < -0.3 is 0 Å². The van der Waals surface area contributed by atoms with Crippen LogP contribution in [0.5, 0.6) is 0 Å². The Labute approximate surface area is 69.5 Å². The average Bonchev–Trinajstić information content (AvgIpc) is 2.34. The zero-order valence-electron chi connectivity index (χ0n) is 4.80. The summed E-state index contributed by atoms with van der Waals surface area (Å²) < 4.78 is 0.672. The predicted octanol–water partition coefficient (Wildman–Crippen LogP) is 0.509. The van der Waals surface area contributed by atoms with Crippen LogP contribution in [-0.4, -0.2) is 10.9 Å². The minimum atomic E-state index is -0.316. The first kappa shape index (κ1) is 7.64. The van der Waals surface area contributed by atoms with Crippen LogP contribution in [0.25, 0.3) is 0 Å². The predicted molar refractivity (Wildman–Crippen MR) is 41.5 cm³/mol. The van der Waals surface area contributed by atoms with Gasteiger partial charge >= 0.3 is 0 Å². The largest absolute Gasteiger partial charge is 0.289 e. The van der Waals surface area contributed by atoms with Crippen molar-refractivity contribution in [1.29, 1.82) is 0 Å². The van der Waals surface area contributed by atoms with E-state index < -0.39 is 0 Å². The van der Waals surface area contributed by atoms with Gasteiger partial charge in [0.25, 0.3) is 5.91 Å². The van der Waals surface area contributed by atoms with Gasteiger partial charge in [0.15, 0.2) is 3.92 Å². The number of nitrogens with zero attached hydrogens (tertiary/aromatic N) is 1. The Morgan fingerprint density at radius 2 is 2.60 bits per heavy atom. The van der Waals surface area contributed by atoms with Crippen molar-refractivity contribution >= 4 is 33.2 Å². The van der Waals surface area contributed by atoms with Crippen molar-refractivity contribution in [2.45, 2.75) is 0 Å². The molecule has 3 N–H and O–H groups in total. The van der Waals surface area contributed by atoms with Gasteiger partial charge in [-0.1, -0.05) is 0 Å². The molecule has 0 aliphatic carbocycles. The van der Waals surface area contributed by atoms with E-state index in [0.717, 1.165) is 0 Å². The number of halogens is 1. The SMILES string of the molecule is NNC(=O)c1cnc(Br)s1. The maximum Gasteiger partial charge on any atom is 0.276 e. The Morgan fingerprint density at radius 3 is 3.00 bits per heavy atom. The van der Waals surface area contributed by atoms with Crippen molar-refractivity contribution < 1.29 is 4.79 Å². The second-order valence-electron chi connectivity index (χ2n) is 1.45. The van der Waals surface area contributed by atoms with Crippen molar-refractivity contribution in [3.8, 4) is 0 Å². The van der Waals surface area contributed by atoms with Gasteiger partial charge in [0.05, 0.1) is 6.20 Å². The average molecular weight is 222 g/mol. The normalized spacial score (nSPS) is 9.40. The minimum Gasteiger partial charge on any atom is -0.289 e. The van der Waals surface area contributed by atoms with Gasteiger partial charge in [-0.25, -0.2) is 10.8 Å². The molecule has 0 saturated carbocycles. The number of hydrazine groups is 1. The maximum absolute atomic E-state index is 10.7. The van der Waals surface area contributed by atoms with Crippen molar-refractivity contribution in [3.05, 3.63) is 15.0 Å². The molecular formula is C4H4BrN3OS. The summed E-state index contributed by atoms with van der Waals surface area (Å²) in [6, 6.07) is 0. The molecule has 54 valence electrons. The van der Waals surface area contributed by atoms with Crippen LogP contribution in [-0.2, 0) is 0 Å². The molecule has 1 aromatic rings. The monoisotopic (exact) mass is 221 g/mol. The molecule has 4 nitrogen and oxygen atoms in total. The number of nitrogens with one attached hydrogen (secondary N) is 1. The van der Waals surface area contributed by atoms with Crippen LogP contribution >= 0.6 is 27.3 Å². The highest BCUT2D eigenvalue weighted by atomic mass is 79.9. The molecule has 1 amide bonds. The fraction of sp³-hybridized carbons (Fsp3) is 0. The Hall–Kier alpha value is -0.460. The van der Waals surface area contributed by atoms with Crippen molar-refractivity contribution in [2.75, 3.05) is 0 Å². The molecule has 0 bridgehead atoms. The molecule has 0 aliphatic rings. The van der Waals surface area contributed by atoms with E-state index in [9.17, 15) is 4.79 Å². The molecule has 0 aliphatic heterocycles. The summed E-state index contributed by atoms with van der Waals surface area (Å²) in [5.41, 5.74) is 2.01. The van der Waals surface area contributed by atoms with Gasteiger partial charge in [0, 0.05) is 0 Å². The lowest BCUT2D eigenvalue weighted by molar-refractivity contribution is 0.0957. The molecule has 0 fully saturated rings. The summed E-state index contributed by atoms with van der Waals surface area (Å²) in [5, 5.41) is 0. The molecule has 0 saturated heterocycles. The number of amides is 1. The smallest absolute Gasteiger partial charge is 0.276 e. The number of aromatic nitrogens is 1. The molecule has 6 heteroatoms. The highest BCUT2D eigenvalue weighted by Crippen LogP contribution is 2.17. The molecule has 0 atom stereocenters. The lowest BCUT2D eigenvalue weighted by Crippen LogP contribution is -2.29. The van der Waals surface area contributed by atoms with Crippen LogP contribution in [0.15, 0.2) is 10.1 Å². The number of nitrogen functional groups attached to an aromatic ring is 1. The van der Waals surface area contributed by atoms with E-state index in [2.05, 4.69) is 20.9 Å². The minimum absolute atomic E-state index is 0.316. The Bertz CT molecular complexity index is 248. The van der Waals surface area contributed by atoms with E-state index in [-0.39, 0.29) is 5.91 Å². The number of nitrogens with two attached hydrogens (primary N) is 1. The van der Waals surface area contributed by atoms with E-state index in [4.69, 9.17) is 5.84 Å². The third kappa shape index (κ3) is 1.53. The Balaban J connectivity index is 2.85. The molecule has 0 radical (unpaired) electrons. The van der Waals surface area contributed by atoms with E-state index in [0.29, 0.717) is 8.79 Å². The van der Waals surface area contributed by atoms with Crippen LogP contribution in [0.1, 0.15) is 9.67 Å². The molecule has 1 heterocycles. The fourth-order valence-corrected chi connectivity index (χ4v) is 1.60. The number of rotatable bonds is 1. The first-order valence-electron chi connectivity index (χ1n) is 2.36. The Morgan fingerprint density at radius 1 is 1.90 bits per heavy atom. The molecule has 0 aromatic carbocycles. The fourth-order valence-electron chi connectivity index (χ4n) is 0.429. The van der Waals surface area contributed by atoms with Crippen LogP contribution in [0.4, 0.5) is 0 Å². The third-order valence-electron chi connectivity index (χ3n) is 0.832.